The second-order valence-corrected chi connectivity index (χ2v) is 11.5. The van der Waals surface area contributed by atoms with Crippen LogP contribution in [0, 0.1) is 35.0 Å². The van der Waals surface area contributed by atoms with Gasteiger partial charge in [-0.05, 0) is 60.3 Å². The minimum Gasteiger partial charge on any atom is -0.365 e. The van der Waals surface area contributed by atoms with Gasteiger partial charge in [-0.2, -0.15) is 0 Å². The van der Waals surface area contributed by atoms with E-state index in [1.165, 1.54) is 5.57 Å². The standard InChI is InChI=1S/C28H44O4/c1-18(2)19(3)9-10-21(5)25-26(6)14-7-8-22(24(26)17-28(25,31)32)11-12-23-16-27(29,30)15-13-20(23)4/h9-12,18-19,21,24-25,29-32H,4,7-8,13-17H2,1-3,5-6H3/b10-9+,22-11+,23-12-/t19-,21+,24-,25+,26+/m0/s1. The van der Waals surface area contributed by atoms with Gasteiger partial charge in [0.25, 0.3) is 0 Å². The van der Waals surface area contributed by atoms with Crippen LogP contribution < -0.4 is 0 Å². The molecule has 3 fully saturated rings. The second-order valence-electron chi connectivity index (χ2n) is 11.5. The highest BCUT2D eigenvalue weighted by atomic mass is 16.5. The molecule has 0 unspecified atom stereocenters. The average Bonchev–Trinajstić information content (AvgIpc) is 2.91. The Bertz CT molecular complexity index is 800. The van der Waals surface area contributed by atoms with Crippen molar-refractivity contribution in [1.29, 1.82) is 0 Å². The van der Waals surface area contributed by atoms with Crippen LogP contribution in [0.5, 0.6) is 0 Å². The van der Waals surface area contributed by atoms with Gasteiger partial charge in [0, 0.05) is 25.2 Å². The van der Waals surface area contributed by atoms with E-state index >= 15 is 0 Å². The quantitative estimate of drug-likeness (QED) is 0.345. The van der Waals surface area contributed by atoms with Gasteiger partial charge >= 0.3 is 0 Å². The van der Waals surface area contributed by atoms with Gasteiger partial charge in [0.2, 0.25) is 0 Å². The number of hydrogen-bond donors (Lipinski definition) is 4. The molecule has 3 rings (SSSR count). The number of allylic oxidation sites excluding steroid dienone is 6. The summed E-state index contributed by atoms with van der Waals surface area (Å²) < 4.78 is 0. The van der Waals surface area contributed by atoms with Crippen molar-refractivity contribution in [3.8, 4) is 0 Å². The molecule has 0 radical (unpaired) electrons. The largest absolute Gasteiger partial charge is 0.365 e. The smallest absolute Gasteiger partial charge is 0.167 e. The maximum atomic E-state index is 11.1. The molecule has 5 atom stereocenters. The topological polar surface area (TPSA) is 80.9 Å². The molecule has 0 bridgehead atoms. The molecule has 4 heteroatoms. The SMILES string of the molecule is C=C1CCC(O)(O)C/C1=C/C=C1\CCC[C@]2(C)[C@H]1CC(O)(O)[C@@H]2[C@H](C)/C=C/[C@H](C)C(C)C. The van der Waals surface area contributed by atoms with Gasteiger partial charge in [0.15, 0.2) is 11.6 Å². The summed E-state index contributed by atoms with van der Waals surface area (Å²) in [6.45, 7) is 15.1. The van der Waals surface area contributed by atoms with Crippen molar-refractivity contribution in [1.82, 2.24) is 0 Å². The van der Waals surface area contributed by atoms with Crippen molar-refractivity contribution in [3.05, 3.63) is 47.6 Å². The molecule has 3 aliphatic carbocycles. The third-order valence-corrected chi connectivity index (χ3v) is 8.69. The van der Waals surface area contributed by atoms with Crippen LogP contribution in [0.4, 0.5) is 0 Å². The van der Waals surface area contributed by atoms with Crippen molar-refractivity contribution >= 4 is 0 Å². The molecule has 0 aliphatic heterocycles. The van der Waals surface area contributed by atoms with Crippen LogP contribution in [0.1, 0.15) is 79.6 Å². The zero-order valence-electron chi connectivity index (χ0n) is 20.6. The summed E-state index contributed by atoms with van der Waals surface area (Å²) in [4.78, 5) is 0. The van der Waals surface area contributed by atoms with E-state index in [1.807, 2.05) is 6.08 Å². The van der Waals surface area contributed by atoms with Gasteiger partial charge in [-0.3, -0.25) is 0 Å². The minimum atomic E-state index is -1.69. The highest BCUT2D eigenvalue weighted by molar-refractivity contribution is 5.37. The predicted octanol–water partition coefficient (Wildman–Crippen LogP) is 5.25. The molecule has 32 heavy (non-hydrogen) atoms. The highest BCUT2D eigenvalue weighted by Gasteiger charge is 2.61. The van der Waals surface area contributed by atoms with Gasteiger partial charge < -0.3 is 20.4 Å². The van der Waals surface area contributed by atoms with E-state index in [-0.39, 0.29) is 29.6 Å². The molecule has 0 heterocycles. The first kappa shape index (κ1) is 25.4. The summed E-state index contributed by atoms with van der Waals surface area (Å²) in [7, 11) is 0. The van der Waals surface area contributed by atoms with E-state index in [0.29, 0.717) is 31.1 Å². The monoisotopic (exact) mass is 444 g/mol. The van der Waals surface area contributed by atoms with Gasteiger partial charge in [0.05, 0.1) is 0 Å². The number of hydrogen-bond acceptors (Lipinski definition) is 4. The lowest BCUT2D eigenvalue weighted by Crippen LogP contribution is -2.43. The minimum absolute atomic E-state index is 0.0708. The van der Waals surface area contributed by atoms with Gasteiger partial charge in [-0.1, -0.05) is 76.6 Å². The normalized spacial score (nSPS) is 36.8. The van der Waals surface area contributed by atoms with Gasteiger partial charge in [-0.15, -0.1) is 0 Å². The molecular formula is C28H44O4. The number of fused-ring (bicyclic) bond motifs is 1. The fourth-order valence-corrected chi connectivity index (χ4v) is 6.46. The maximum absolute atomic E-state index is 11.1. The molecule has 180 valence electrons. The Balaban J connectivity index is 1.87. The molecular weight excluding hydrogens is 400 g/mol. The first-order valence-electron chi connectivity index (χ1n) is 12.4. The first-order chi connectivity index (χ1) is 14.8. The Labute approximate surface area is 194 Å². The van der Waals surface area contributed by atoms with E-state index in [0.717, 1.165) is 30.4 Å². The molecule has 4 N–H and O–H groups in total. The zero-order chi connectivity index (χ0) is 23.9. The van der Waals surface area contributed by atoms with Crippen molar-refractivity contribution in [2.75, 3.05) is 0 Å². The summed E-state index contributed by atoms with van der Waals surface area (Å²) in [5.74, 6) is -2.39. The summed E-state index contributed by atoms with van der Waals surface area (Å²) >= 11 is 0. The van der Waals surface area contributed by atoms with E-state index in [1.54, 1.807) is 0 Å². The van der Waals surface area contributed by atoms with Crippen molar-refractivity contribution in [3.63, 3.8) is 0 Å². The van der Waals surface area contributed by atoms with Crippen molar-refractivity contribution in [2.24, 2.45) is 35.0 Å². The fraction of sp³-hybridized carbons (Fsp3) is 0.714. The van der Waals surface area contributed by atoms with Crippen LogP contribution in [-0.2, 0) is 0 Å². The highest BCUT2D eigenvalue weighted by Crippen LogP contribution is 2.62. The Morgan fingerprint density at radius 2 is 1.66 bits per heavy atom. The predicted molar refractivity (Wildman–Crippen MR) is 129 cm³/mol. The summed E-state index contributed by atoms with van der Waals surface area (Å²) in [6, 6.07) is 0. The van der Waals surface area contributed by atoms with Crippen molar-refractivity contribution < 1.29 is 20.4 Å². The van der Waals surface area contributed by atoms with Crippen LogP contribution in [0.25, 0.3) is 0 Å². The Hall–Kier alpha value is -1.20. The number of rotatable bonds is 5. The molecule has 0 spiro atoms. The summed E-state index contributed by atoms with van der Waals surface area (Å²) in [5.41, 5.74) is 2.90. The van der Waals surface area contributed by atoms with Gasteiger partial charge in [0.1, 0.15) is 0 Å². The van der Waals surface area contributed by atoms with Crippen LogP contribution >= 0.6 is 0 Å². The number of aliphatic hydroxyl groups is 4. The van der Waals surface area contributed by atoms with Crippen LogP contribution in [-0.4, -0.2) is 32.0 Å². The molecule has 4 nitrogen and oxygen atoms in total. The Morgan fingerprint density at radius 3 is 2.31 bits per heavy atom. The van der Waals surface area contributed by atoms with Crippen molar-refractivity contribution in [2.45, 2.75) is 91.1 Å². The Kier molecular flexibility index (Phi) is 7.32. The first-order valence-corrected chi connectivity index (χ1v) is 12.4. The molecule has 3 aliphatic rings. The summed E-state index contributed by atoms with van der Waals surface area (Å²) in [5, 5.41) is 42.4. The van der Waals surface area contributed by atoms with E-state index < -0.39 is 11.6 Å². The lowest BCUT2D eigenvalue weighted by Gasteiger charge is -2.44. The molecule has 0 aromatic heterocycles. The second kappa shape index (κ2) is 9.21. The lowest BCUT2D eigenvalue weighted by atomic mass is 9.60. The summed E-state index contributed by atoms with van der Waals surface area (Å²) in [6.07, 6.45) is 12.9. The maximum Gasteiger partial charge on any atom is 0.167 e. The zero-order valence-corrected chi connectivity index (χ0v) is 20.6. The average molecular weight is 445 g/mol. The van der Waals surface area contributed by atoms with Crippen LogP contribution in [0.15, 0.2) is 47.6 Å². The lowest BCUT2D eigenvalue weighted by molar-refractivity contribution is -0.205. The van der Waals surface area contributed by atoms with E-state index in [9.17, 15) is 20.4 Å². The Morgan fingerprint density at radius 1 is 0.969 bits per heavy atom. The third kappa shape index (κ3) is 5.14. The van der Waals surface area contributed by atoms with E-state index in [4.69, 9.17) is 0 Å². The van der Waals surface area contributed by atoms with E-state index in [2.05, 4.69) is 59.4 Å². The molecule has 3 saturated carbocycles. The fourth-order valence-electron chi connectivity index (χ4n) is 6.46. The van der Waals surface area contributed by atoms with Crippen LogP contribution in [0.2, 0.25) is 0 Å². The molecule has 0 aromatic carbocycles. The van der Waals surface area contributed by atoms with Crippen LogP contribution in [0.3, 0.4) is 0 Å². The molecule has 0 amide bonds. The van der Waals surface area contributed by atoms with Gasteiger partial charge in [-0.25, -0.2) is 0 Å². The third-order valence-electron chi connectivity index (χ3n) is 8.69. The molecule has 0 aromatic rings. The molecule has 0 saturated heterocycles.